The van der Waals surface area contributed by atoms with E-state index in [1.165, 1.54) is 16.7 Å². The van der Waals surface area contributed by atoms with Crippen molar-refractivity contribution < 1.29 is 4.79 Å². The lowest BCUT2D eigenvalue weighted by atomic mass is 9.83. The van der Waals surface area contributed by atoms with Gasteiger partial charge >= 0.3 is 0 Å². The molecule has 0 fully saturated rings. The monoisotopic (exact) mass is 309 g/mol. The second kappa shape index (κ2) is 6.13. The normalized spacial score (nSPS) is 17.4. The molecule has 2 aromatic rings. The van der Waals surface area contributed by atoms with Crippen molar-refractivity contribution in [3.05, 3.63) is 65.0 Å². The molecule has 1 unspecified atom stereocenters. The molecule has 1 aromatic carbocycles. The minimum Gasteiger partial charge on any atom is -0.344 e. The summed E-state index contributed by atoms with van der Waals surface area (Å²) in [4.78, 5) is 16.3. The topological polar surface area (TPSA) is 54.0 Å². The first kappa shape index (κ1) is 15.7. The highest BCUT2D eigenvalue weighted by Gasteiger charge is 2.24. The largest absolute Gasteiger partial charge is 0.344 e. The van der Waals surface area contributed by atoms with Crippen LogP contribution in [0.25, 0.3) is 0 Å². The molecule has 1 atom stereocenters. The van der Waals surface area contributed by atoms with Gasteiger partial charge in [0.1, 0.15) is 0 Å². The number of amides is 1. The fourth-order valence-electron chi connectivity index (χ4n) is 2.90. The average molecular weight is 309 g/mol. The van der Waals surface area contributed by atoms with Gasteiger partial charge in [0, 0.05) is 31.0 Å². The Kier molecular flexibility index (Phi) is 4.18. The minimum absolute atomic E-state index is 0.00608. The molecule has 0 saturated carbocycles. The van der Waals surface area contributed by atoms with E-state index in [4.69, 9.17) is 0 Å². The first-order chi connectivity index (χ1) is 10.9. The van der Waals surface area contributed by atoms with Crippen molar-refractivity contribution in [2.24, 2.45) is 0 Å². The maximum absolute atomic E-state index is 12.4. The van der Waals surface area contributed by atoms with Crippen LogP contribution in [-0.2, 0) is 12.0 Å². The summed E-state index contributed by atoms with van der Waals surface area (Å²) in [6.45, 7) is 8.24. The molecule has 0 saturated heterocycles. The second-order valence-corrected chi connectivity index (χ2v) is 7.06. The van der Waals surface area contributed by atoms with Gasteiger partial charge in [0.05, 0.1) is 6.04 Å². The number of aromatic nitrogens is 1. The van der Waals surface area contributed by atoms with Crippen LogP contribution in [0, 0.1) is 0 Å². The van der Waals surface area contributed by atoms with Crippen LogP contribution < -0.4 is 10.6 Å². The first-order valence-electron chi connectivity index (χ1n) is 8.00. The van der Waals surface area contributed by atoms with E-state index >= 15 is 0 Å². The summed E-state index contributed by atoms with van der Waals surface area (Å²) in [6.07, 6.45) is 3.27. The summed E-state index contributed by atoms with van der Waals surface area (Å²) in [5.74, 6) is -0.0630. The maximum Gasteiger partial charge on any atom is 0.251 e. The summed E-state index contributed by atoms with van der Waals surface area (Å²) in [7, 11) is 0. The number of hydrogen-bond donors (Lipinski definition) is 2. The van der Waals surface area contributed by atoms with E-state index in [0.29, 0.717) is 5.56 Å². The number of carbonyl (C=O) groups is 1. The van der Waals surface area contributed by atoms with Crippen molar-refractivity contribution in [2.75, 3.05) is 6.54 Å². The van der Waals surface area contributed by atoms with Crippen LogP contribution in [0.2, 0.25) is 0 Å². The lowest BCUT2D eigenvalue weighted by Crippen LogP contribution is -2.39. The summed E-state index contributed by atoms with van der Waals surface area (Å²) in [5, 5.41) is 6.52. The van der Waals surface area contributed by atoms with Crippen LogP contribution in [0.4, 0.5) is 0 Å². The van der Waals surface area contributed by atoms with Gasteiger partial charge in [-0.1, -0.05) is 39.0 Å². The van der Waals surface area contributed by atoms with E-state index in [1.54, 1.807) is 24.5 Å². The standard InChI is InChI=1S/C19H23N3O/c1-19(2,3)15-4-5-16-14(10-15)11-21-12-17(16)22-18(23)13-6-8-20-9-7-13/h4-10,17,21H,11-12H2,1-3H3,(H,22,23). The zero-order valence-corrected chi connectivity index (χ0v) is 13.9. The summed E-state index contributed by atoms with van der Waals surface area (Å²) in [5.41, 5.74) is 4.56. The van der Waals surface area contributed by atoms with Gasteiger partial charge in [0.15, 0.2) is 0 Å². The maximum atomic E-state index is 12.4. The minimum atomic E-state index is -0.0630. The molecule has 23 heavy (non-hydrogen) atoms. The third-order valence-electron chi connectivity index (χ3n) is 4.30. The van der Waals surface area contributed by atoms with Crippen LogP contribution >= 0.6 is 0 Å². The molecule has 3 rings (SSSR count). The SMILES string of the molecule is CC(C)(C)c1ccc2c(c1)CNCC2NC(=O)c1ccncc1. The molecular weight excluding hydrogens is 286 g/mol. The van der Waals surface area contributed by atoms with Crippen molar-refractivity contribution in [1.29, 1.82) is 0 Å². The van der Waals surface area contributed by atoms with Gasteiger partial charge < -0.3 is 10.6 Å². The van der Waals surface area contributed by atoms with Gasteiger partial charge in [0.25, 0.3) is 5.91 Å². The predicted octanol–water partition coefficient (Wildman–Crippen LogP) is 2.95. The molecule has 4 heteroatoms. The highest BCUT2D eigenvalue weighted by atomic mass is 16.1. The smallest absolute Gasteiger partial charge is 0.251 e. The molecule has 1 aliphatic rings. The fourth-order valence-corrected chi connectivity index (χ4v) is 2.90. The molecule has 4 nitrogen and oxygen atoms in total. The number of nitrogens with zero attached hydrogens (tertiary/aromatic N) is 1. The summed E-state index contributed by atoms with van der Waals surface area (Å²) < 4.78 is 0. The highest BCUT2D eigenvalue weighted by Crippen LogP contribution is 2.29. The van der Waals surface area contributed by atoms with E-state index in [9.17, 15) is 4.79 Å². The first-order valence-corrected chi connectivity index (χ1v) is 8.00. The second-order valence-electron chi connectivity index (χ2n) is 7.06. The van der Waals surface area contributed by atoms with Gasteiger partial charge in [-0.25, -0.2) is 0 Å². The average Bonchev–Trinajstić information content (AvgIpc) is 2.54. The zero-order valence-electron chi connectivity index (χ0n) is 13.9. The van der Waals surface area contributed by atoms with Gasteiger partial charge in [-0.2, -0.15) is 0 Å². The molecule has 0 aliphatic carbocycles. The third-order valence-corrected chi connectivity index (χ3v) is 4.30. The van der Waals surface area contributed by atoms with Crippen molar-refractivity contribution >= 4 is 5.91 Å². The number of rotatable bonds is 2. The van der Waals surface area contributed by atoms with E-state index in [-0.39, 0.29) is 17.4 Å². The summed E-state index contributed by atoms with van der Waals surface area (Å²) >= 11 is 0. The highest BCUT2D eigenvalue weighted by molar-refractivity contribution is 5.94. The lowest BCUT2D eigenvalue weighted by Gasteiger charge is -2.29. The van der Waals surface area contributed by atoms with Crippen molar-refractivity contribution in [3.63, 3.8) is 0 Å². The van der Waals surface area contributed by atoms with Gasteiger partial charge in [-0.05, 0) is 34.2 Å². The Morgan fingerprint density at radius 3 is 2.65 bits per heavy atom. The molecule has 0 spiro atoms. The Balaban J connectivity index is 1.83. The summed E-state index contributed by atoms with van der Waals surface area (Å²) in [6, 6.07) is 10.1. The van der Waals surface area contributed by atoms with E-state index in [2.05, 4.69) is 54.6 Å². The molecule has 1 aromatic heterocycles. The Morgan fingerprint density at radius 1 is 1.22 bits per heavy atom. The molecule has 2 heterocycles. The quantitative estimate of drug-likeness (QED) is 0.897. The number of pyridine rings is 1. The lowest BCUT2D eigenvalue weighted by molar-refractivity contribution is 0.0934. The fraction of sp³-hybridized carbons (Fsp3) is 0.368. The molecular formula is C19H23N3O. The van der Waals surface area contributed by atoms with Gasteiger partial charge in [0.2, 0.25) is 0 Å². The molecule has 1 amide bonds. The molecule has 1 aliphatic heterocycles. The molecule has 120 valence electrons. The number of hydrogen-bond acceptors (Lipinski definition) is 3. The van der Waals surface area contributed by atoms with Crippen LogP contribution in [0.15, 0.2) is 42.7 Å². The Morgan fingerprint density at radius 2 is 1.96 bits per heavy atom. The molecule has 2 N–H and O–H groups in total. The van der Waals surface area contributed by atoms with Crippen LogP contribution in [0.3, 0.4) is 0 Å². The Labute approximate surface area is 137 Å². The number of nitrogens with one attached hydrogen (secondary N) is 2. The van der Waals surface area contributed by atoms with Crippen LogP contribution in [0.5, 0.6) is 0 Å². The Hall–Kier alpha value is -2.20. The van der Waals surface area contributed by atoms with Gasteiger partial charge in [-0.15, -0.1) is 0 Å². The van der Waals surface area contributed by atoms with Crippen molar-refractivity contribution in [1.82, 2.24) is 15.6 Å². The number of fused-ring (bicyclic) bond motifs is 1. The number of carbonyl (C=O) groups excluding carboxylic acids is 1. The molecule has 0 radical (unpaired) electrons. The molecule has 0 bridgehead atoms. The third kappa shape index (κ3) is 3.42. The van der Waals surface area contributed by atoms with Crippen molar-refractivity contribution in [2.45, 2.75) is 38.8 Å². The van der Waals surface area contributed by atoms with Crippen LogP contribution in [0.1, 0.15) is 53.9 Å². The van der Waals surface area contributed by atoms with E-state index in [1.807, 2.05) is 0 Å². The Bertz CT molecular complexity index is 704. The van der Waals surface area contributed by atoms with Crippen LogP contribution in [-0.4, -0.2) is 17.4 Å². The predicted molar refractivity (Wildman–Crippen MR) is 91.3 cm³/mol. The van der Waals surface area contributed by atoms with E-state index < -0.39 is 0 Å². The van der Waals surface area contributed by atoms with Crippen molar-refractivity contribution in [3.8, 4) is 0 Å². The number of benzene rings is 1. The van der Waals surface area contributed by atoms with E-state index in [0.717, 1.165) is 13.1 Å². The zero-order chi connectivity index (χ0) is 16.4. The van der Waals surface area contributed by atoms with Gasteiger partial charge in [-0.3, -0.25) is 9.78 Å².